The number of nitrogen functional groups attached to an aromatic ring is 1. The van der Waals surface area contributed by atoms with E-state index in [2.05, 4.69) is 9.97 Å². The molecule has 6 aromatic rings. The third-order valence-corrected chi connectivity index (χ3v) is 8.23. The lowest BCUT2D eigenvalue weighted by atomic mass is 9.91. The first-order valence-corrected chi connectivity index (χ1v) is 14.8. The average Bonchev–Trinajstić information content (AvgIpc) is 3.39. The highest BCUT2D eigenvalue weighted by Crippen LogP contribution is 2.44. The fourth-order valence-electron chi connectivity index (χ4n) is 5.05. The molecule has 216 valence electrons. The molecule has 0 radical (unpaired) electrons. The molecule has 0 aliphatic heterocycles. The maximum atomic E-state index is 12.6. The lowest BCUT2D eigenvalue weighted by Crippen LogP contribution is -2.28. The van der Waals surface area contributed by atoms with Gasteiger partial charge in [-0.05, 0) is 93.4 Å². The molecule has 0 amide bonds. The van der Waals surface area contributed by atoms with Crippen LogP contribution in [0.1, 0.15) is 38.0 Å². The Hall–Kier alpha value is -4.44. The normalized spacial score (nSPS) is 12.6. The lowest BCUT2D eigenvalue weighted by Gasteiger charge is -2.28. The minimum absolute atomic E-state index is 0.463. The third-order valence-electron chi connectivity index (χ3n) is 6.86. The molecule has 10 heteroatoms. The van der Waals surface area contributed by atoms with Gasteiger partial charge in [0.25, 0.3) is 0 Å². The maximum Gasteiger partial charge on any atom is 0.337 e. The molecular formula is C33H28ClN5O3S. The fraction of sp³-hybridized carbons (Fsp3) is 0.182. The van der Waals surface area contributed by atoms with Gasteiger partial charge in [0.05, 0.1) is 21.3 Å². The largest absolute Gasteiger partial charge is 0.479 e. The summed E-state index contributed by atoms with van der Waals surface area (Å²) in [5, 5.41) is 12.5. The number of hydrogen-bond acceptors (Lipinski definition) is 8. The summed E-state index contributed by atoms with van der Waals surface area (Å²) >= 11 is 7.67. The number of aryl methyl sites for hydroxylation is 1. The van der Waals surface area contributed by atoms with E-state index in [-0.39, 0.29) is 0 Å². The van der Waals surface area contributed by atoms with E-state index >= 15 is 0 Å². The van der Waals surface area contributed by atoms with E-state index < -0.39 is 17.7 Å². The van der Waals surface area contributed by atoms with Gasteiger partial charge in [0.1, 0.15) is 16.5 Å². The number of thiazole rings is 1. The summed E-state index contributed by atoms with van der Waals surface area (Å²) < 4.78 is 6.95. The summed E-state index contributed by atoms with van der Waals surface area (Å²) in [6.45, 7) is 7.42. The van der Waals surface area contributed by atoms with Crippen molar-refractivity contribution >= 4 is 55.8 Å². The number of carboxylic acids is 1. The van der Waals surface area contributed by atoms with E-state index in [4.69, 9.17) is 32.0 Å². The number of carbonyl (C=O) groups is 1. The Balaban J connectivity index is 1.52. The van der Waals surface area contributed by atoms with Gasteiger partial charge in [0.2, 0.25) is 0 Å². The van der Waals surface area contributed by atoms with Crippen LogP contribution in [0.4, 0.5) is 5.82 Å². The van der Waals surface area contributed by atoms with Crippen LogP contribution in [0.15, 0.2) is 72.9 Å². The van der Waals surface area contributed by atoms with Gasteiger partial charge < -0.3 is 15.6 Å². The van der Waals surface area contributed by atoms with Crippen LogP contribution in [-0.2, 0) is 9.53 Å². The van der Waals surface area contributed by atoms with E-state index in [0.717, 1.165) is 43.4 Å². The molecule has 0 aliphatic rings. The van der Waals surface area contributed by atoms with E-state index in [1.54, 1.807) is 24.4 Å². The quantitative estimate of drug-likeness (QED) is 0.194. The second kappa shape index (κ2) is 11.0. The molecule has 1 unspecified atom stereocenters. The predicted octanol–water partition coefficient (Wildman–Crippen LogP) is 8.12. The monoisotopic (exact) mass is 609 g/mol. The highest BCUT2D eigenvalue weighted by atomic mass is 35.5. The summed E-state index contributed by atoms with van der Waals surface area (Å²) in [7, 11) is 0. The predicted molar refractivity (Wildman–Crippen MR) is 172 cm³/mol. The van der Waals surface area contributed by atoms with Crippen molar-refractivity contribution in [3.8, 4) is 33.2 Å². The molecular weight excluding hydrogens is 582 g/mol. The number of fused-ring (bicyclic) bond motifs is 2. The fourth-order valence-corrected chi connectivity index (χ4v) is 6.27. The van der Waals surface area contributed by atoms with Gasteiger partial charge in [-0.3, -0.25) is 0 Å². The van der Waals surface area contributed by atoms with Crippen LogP contribution in [0.5, 0.6) is 0 Å². The van der Waals surface area contributed by atoms with Crippen molar-refractivity contribution in [2.45, 2.75) is 39.4 Å². The number of ether oxygens (including phenoxy) is 1. The van der Waals surface area contributed by atoms with Crippen molar-refractivity contribution in [1.82, 2.24) is 19.9 Å². The molecule has 0 aliphatic carbocycles. The van der Waals surface area contributed by atoms with E-state index in [0.29, 0.717) is 32.9 Å². The van der Waals surface area contributed by atoms with E-state index in [1.807, 2.05) is 76.2 Å². The molecule has 1 atom stereocenters. The average molecular weight is 610 g/mol. The Morgan fingerprint density at radius 2 is 1.70 bits per heavy atom. The minimum atomic E-state index is -1.19. The van der Waals surface area contributed by atoms with Crippen LogP contribution in [0.25, 0.3) is 54.3 Å². The SMILES string of the molecule is Cc1cc2nc(-c3ccnc(-c4ccc5nc(N)ccc5c4)n3)sc2c(-c2ccc(Cl)cc2)c1C(OC(C)(C)C)C(=O)O. The molecule has 8 nitrogen and oxygen atoms in total. The van der Waals surface area contributed by atoms with Crippen LogP contribution < -0.4 is 5.73 Å². The van der Waals surface area contributed by atoms with Crippen molar-refractivity contribution in [3.05, 3.63) is 89.1 Å². The lowest BCUT2D eigenvalue weighted by molar-refractivity contribution is -0.160. The van der Waals surface area contributed by atoms with Crippen molar-refractivity contribution in [1.29, 1.82) is 0 Å². The number of rotatable bonds is 6. The Kier molecular flexibility index (Phi) is 7.33. The van der Waals surface area contributed by atoms with E-state index in [9.17, 15) is 9.90 Å². The number of nitrogens with two attached hydrogens (primary N) is 1. The van der Waals surface area contributed by atoms with Gasteiger partial charge in [-0.1, -0.05) is 23.7 Å². The van der Waals surface area contributed by atoms with Crippen LogP contribution >= 0.6 is 22.9 Å². The van der Waals surface area contributed by atoms with Gasteiger partial charge in [0, 0.05) is 33.3 Å². The zero-order valence-electron chi connectivity index (χ0n) is 23.9. The first-order valence-electron chi connectivity index (χ1n) is 13.6. The number of hydrogen-bond donors (Lipinski definition) is 2. The number of nitrogens with zero attached hydrogens (tertiary/aromatic N) is 4. The summed E-state index contributed by atoms with van der Waals surface area (Å²) in [6, 6.07) is 20.6. The molecule has 0 spiro atoms. The first-order chi connectivity index (χ1) is 20.5. The molecule has 6 rings (SSSR count). The molecule has 3 N–H and O–H groups in total. The minimum Gasteiger partial charge on any atom is -0.479 e. The molecule has 3 aromatic heterocycles. The molecule has 0 bridgehead atoms. The molecule has 0 saturated carbocycles. The van der Waals surface area contributed by atoms with Crippen LogP contribution in [0.3, 0.4) is 0 Å². The first kappa shape index (κ1) is 28.7. The number of carboxylic acid groups (broad SMARTS) is 1. The molecule has 3 heterocycles. The second-order valence-corrected chi connectivity index (χ2v) is 12.6. The smallest absolute Gasteiger partial charge is 0.337 e. The van der Waals surface area contributed by atoms with Crippen molar-refractivity contribution < 1.29 is 14.6 Å². The van der Waals surface area contributed by atoms with Crippen LogP contribution in [0, 0.1) is 6.92 Å². The number of benzene rings is 3. The standard InChI is InChI=1S/C33H28ClN5O3S/c1-17-15-24-29(27(18-5-9-21(34)10-6-18)26(17)28(32(40)41)42-33(2,3)4)43-31(39-24)23-13-14-36-30(38-23)20-7-11-22-19(16-20)8-12-25(35)37-22/h5-16,28H,1-4H3,(H2,35,37)(H,40,41). The summed E-state index contributed by atoms with van der Waals surface area (Å²) in [6.07, 6.45) is 0.521. The van der Waals surface area contributed by atoms with E-state index in [1.165, 1.54) is 11.3 Å². The number of anilines is 1. The molecule has 3 aromatic carbocycles. The highest BCUT2D eigenvalue weighted by molar-refractivity contribution is 7.22. The summed E-state index contributed by atoms with van der Waals surface area (Å²) in [5.74, 6) is -0.0498. The molecule has 43 heavy (non-hydrogen) atoms. The Morgan fingerprint density at radius 1 is 0.953 bits per heavy atom. The van der Waals surface area contributed by atoms with Crippen molar-refractivity contribution in [2.24, 2.45) is 0 Å². The second-order valence-electron chi connectivity index (χ2n) is 11.2. The maximum absolute atomic E-state index is 12.6. The number of aliphatic carboxylic acids is 1. The zero-order chi connectivity index (χ0) is 30.5. The highest BCUT2D eigenvalue weighted by Gasteiger charge is 2.32. The van der Waals surface area contributed by atoms with Crippen LogP contribution in [0.2, 0.25) is 5.02 Å². The number of aromatic nitrogens is 4. The molecule has 0 fully saturated rings. The van der Waals surface area contributed by atoms with Crippen molar-refractivity contribution in [2.75, 3.05) is 5.73 Å². The van der Waals surface area contributed by atoms with Gasteiger partial charge in [-0.25, -0.2) is 24.7 Å². The number of pyridine rings is 1. The zero-order valence-corrected chi connectivity index (χ0v) is 25.5. The Morgan fingerprint density at radius 3 is 2.42 bits per heavy atom. The Bertz CT molecular complexity index is 2020. The Labute approximate surface area is 257 Å². The van der Waals surface area contributed by atoms with Gasteiger partial charge >= 0.3 is 5.97 Å². The van der Waals surface area contributed by atoms with Gasteiger partial charge in [0.15, 0.2) is 11.9 Å². The van der Waals surface area contributed by atoms with Crippen LogP contribution in [-0.4, -0.2) is 36.6 Å². The molecule has 0 saturated heterocycles. The topological polar surface area (TPSA) is 124 Å². The summed E-state index contributed by atoms with van der Waals surface area (Å²) in [5.41, 5.74) is 11.1. The van der Waals surface area contributed by atoms with Gasteiger partial charge in [-0.2, -0.15) is 0 Å². The number of halogens is 1. The van der Waals surface area contributed by atoms with Gasteiger partial charge in [-0.15, -0.1) is 11.3 Å². The van der Waals surface area contributed by atoms with Crippen molar-refractivity contribution in [3.63, 3.8) is 0 Å². The summed E-state index contributed by atoms with van der Waals surface area (Å²) in [4.78, 5) is 31.3. The third kappa shape index (κ3) is 5.79.